The third-order valence-electron chi connectivity index (χ3n) is 3.48. The van der Waals surface area contributed by atoms with Crippen molar-refractivity contribution < 1.29 is 23.4 Å². The average Bonchev–Trinajstić information content (AvgIpc) is 3.02. The fourth-order valence-corrected chi connectivity index (χ4v) is 2.51. The quantitative estimate of drug-likeness (QED) is 0.754. The van der Waals surface area contributed by atoms with Crippen LogP contribution in [-0.4, -0.2) is 28.0 Å². The van der Waals surface area contributed by atoms with Gasteiger partial charge in [-0.25, -0.2) is 18.3 Å². The number of carboxylic acids is 1. The average molecular weight is 365 g/mol. The van der Waals surface area contributed by atoms with Crippen LogP contribution in [0.3, 0.4) is 0 Å². The number of aromatic carboxylic acids is 1. The van der Waals surface area contributed by atoms with Crippen molar-refractivity contribution in [3.05, 3.63) is 64.8 Å². The molecule has 0 aliphatic carbocycles. The summed E-state index contributed by atoms with van der Waals surface area (Å²) in [5.74, 6) is -2.17. The highest BCUT2D eigenvalue weighted by Crippen LogP contribution is 2.29. The van der Waals surface area contributed by atoms with Gasteiger partial charge in [0.2, 0.25) is 0 Å². The van der Waals surface area contributed by atoms with Crippen molar-refractivity contribution in [1.29, 1.82) is 0 Å². The summed E-state index contributed by atoms with van der Waals surface area (Å²) in [6, 6.07) is 9.05. The Labute approximate surface area is 146 Å². The van der Waals surface area contributed by atoms with E-state index in [-0.39, 0.29) is 22.2 Å². The summed E-state index contributed by atoms with van der Waals surface area (Å²) >= 11 is 5.79. The fraction of sp³-hybridized carbons (Fsp3) is 0.0588. The molecule has 5 nitrogen and oxygen atoms in total. The molecule has 0 unspecified atom stereocenters. The predicted molar refractivity (Wildman–Crippen MR) is 87.4 cm³/mol. The van der Waals surface area contributed by atoms with Gasteiger partial charge in [-0.1, -0.05) is 11.6 Å². The van der Waals surface area contributed by atoms with Crippen molar-refractivity contribution in [3.63, 3.8) is 0 Å². The molecule has 25 heavy (non-hydrogen) atoms. The van der Waals surface area contributed by atoms with Crippen LogP contribution in [0.4, 0.5) is 8.78 Å². The SMILES string of the molecule is COc1cc(F)cc(-c2cc(C(=O)O)nn2-c2ccc(F)c(Cl)c2)c1. The largest absolute Gasteiger partial charge is 0.497 e. The van der Waals surface area contributed by atoms with Gasteiger partial charge in [0.05, 0.1) is 23.5 Å². The number of carboxylic acid groups (broad SMARTS) is 1. The number of benzene rings is 2. The van der Waals surface area contributed by atoms with Gasteiger partial charge in [-0.15, -0.1) is 0 Å². The molecule has 0 spiro atoms. The molecule has 0 radical (unpaired) electrons. The number of ether oxygens (including phenoxy) is 1. The van der Waals surface area contributed by atoms with Gasteiger partial charge < -0.3 is 9.84 Å². The molecule has 0 aliphatic heterocycles. The highest BCUT2D eigenvalue weighted by Gasteiger charge is 2.18. The Balaban J connectivity index is 2.24. The molecule has 0 saturated heterocycles. The third-order valence-corrected chi connectivity index (χ3v) is 3.77. The molecule has 0 aliphatic rings. The van der Waals surface area contributed by atoms with E-state index in [0.29, 0.717) is 11.3 Å². The summed E-state index contributed by atoms with van der Waals surface area (Å²) in [7, 11) is 1.39. The van der Waals surface area contributed by atoms with Gasteiger partial charge in [-0.2, -0.15) is 5.10 Å². The molecular weight excluding hydrogens is 354 g/mol. The lowest BCUT2D eigenvalue weighted by atomic mass is 10.1. The van der Waals surface area contributed by atoms with E-state index >= 15 is 0 Å². The molecule has 3 rings (SSSR count). The number of rotatable bonds is 4. The first kappa shape index (κ1) is 16.9. The molecule has 0 amide bonds. The first-order chi connectivity index (χ1) is 11.9. The Morgan fingerprint density at radius 1 is 1.20 bits per heavy atom. The molecule has 1 aromatic heterocycles. The second-order valence-electron chi connectivity index (χ2n) is 5.11. The molecular formula is C17H11ClF2N2O3. The zero-order valence-corrected chi connectivity index (χ0v) is 13.6. The highest BCUT2D eigenvalue weighted by atomic mass is 35.5. The first-order valence-electron chi connectivity index (χ1n) is 7.03. The van der Waals surface area contributed by atoms with E-state index in [0.717, 1.165) is 6.07 Å². The minimum absolute atomic E-state index is 0.146. The number of nitrogens with zero attached hydrogens (tertiary/aromatic N) is 2. The van der Waals surface area contributed by atoms with Crippen molar-refractivity contribution in [2.45, 2.75) is 0 Å². The van der Waals surface area contributed by atoms with Gasteiger partial charge in [0.1, 0.15) is 17.4 Å². The molecule has 0 atom stereocenters. The van der Waals surface area contributed by atoms with E-state index < -0.39 is 17.6 Å². The Morgan fingerprint density at radius 2 is 1.96 bits per heavy atom. The van der Waals surface area contributed by atoms with E-state index in [2.05, 4.69) is 5.10 Å². The van der Waals surface area contributed by atoms with Crippen LogP contribution >= 0.6 is 11.6 Å². The van der Waals surface area contributed by atoms with Crippen molar-refractivity contribution in [2.24, 2.45) is 0 Å². The third kappa shape index (κ3) is 3.32. The Kier molecular flexibility index (Phi) is 4.41. The van der Waals surface area contributed by atoms with Crippen LogP contribution in [0, 0.1) is 11.6 Å². The monoisotopic (exact) mass is 364 g/mol. The smallest absolute Gasteiger partial charge is 0.356 e. The summed E-state index contributed by atoms with van der Waals surface area (Å²) < 4.78 is 33.5. The summed E-state index contributed by atoms with van der Waals surface area (Å²) in [4.78, 5) is 11.3. The second kappa shape index (κ2) is 6.52. The van der Waals surface area contributed by atoms with Crippen LogP contribution in [0.1, 0.15) is 10.5 Å². The predicted octanol–water partition coefficient (Wildman–Crippen LogP) is 4.18. The van der Waals surface area contributed by atoms with Crippen LogP contribution in [0.5, 0.6) is 5.75 Å². The molecule has 1 N–H and O–H groups in total. The first-order valence-corrected chi connectivity index (χ1v) is 7.40. The molecule has 0 saturated carbocycles. The van der Waals surface area contributed by atoms with E-state index in [9.17, 15) is 18.7 Å². The van der Waals surface area contributed by atoms with Crippen molar-refractivity contribution in [2.75, 3.05) is 7.11 Å². The van der Waals surface area contributed by atoms with Gasteiger partial charge in [-0.05, 0) is 36.4 Å². The molecule has 0 fully saturated rings. The Morgan fingerprint density at radius 3 is 2.60 bits per heavy atom. The Hall–Kier alpha value is -2.93. The number of halogens is 3. The van der Waals surface area contributed by atoms with Gasteiger partial charge >= 0.3 is 5.97 Å². The minimum atomic E-state index is -1.25. The van der Waals surface area contributed by atoms with Gasteiger partial charge in [-0.3, -0.25) is 0 Å². The zero-order chi connectivity index (χ0) is 18.1. The molecule has 128 valence electrons. The molecule has 8 heteroatoms. The van der Waals surface area contributed by atoms with Crippen LogP contribution in [0.15, 0.2) is 42.5 Å². The minimum Gasteiger partial charge on any atom is -0.497 e. The lowest BCUT2D eigenvalue weighted by molar-refractivity contribution is 0.0690. The van der Waals surface area contributed by atoms with Crippen molar-refractivity contribution in [1.82, 2.24) is 9.78 Å². The van der Waals surface area contributed by atoms with E-state index in [1.807, 2.05) is 0 Å². The number of hydrogen-bond acceptors (Lipinski definition) is 3. The normalized spacial score (nSPS) is 10.7. The van der Waals surface area contributed by atoms with Crippen molar-refractivity contribution in [3.8, 4) is 22.7 Å². The molecule has 2 aromatic carbocycles. The number of hydrogen-bond donors (Lipinski definition) is 1. The van der Waals surface area contributed by atoms with Crippen LogP contribution in [-0.2, 0) is 0 Å². The van der Waals surface area contributed by atoms with E-state index in [1.54, 1.807) is 0 Å². The Bertz CT molecular complexity index is 973. The topological polar surface area (TPSA) is 64.3 Å². The van der Waals surface area contributed by atoms with Gasteiger partial charge in [0, 0.05) is 11.6 Å². The second-order valence-corrected chi connectivity index (χ2v) is 5.52. The molecule has 3 aromatic rings. The summed E-state index contributed by atoms with van der Waals surface area (Å²) in [5.41, 5.74) is 0.714. The number of carbonyl (C=O) groups is 1. The highest BCUT2D eigenvalue weighted by molar-refractivity contribution is 6.30. The maximum atomic E-state index is 13.8. The summed E-state index contributed by atoms with van der Waals surface area (Å²) in [6.07, 6.45) is 0. The lowest BCUT2D eigenvalue weighted by Crippen LogP contribution is -2.03. The van der Waals surface area contributed by atoms with Crippen LogP contribution < -0.4 is 4.74 Å². The summed E-state index contributed by atoms with van der Waals surface area (Å²) in [6.45, 7) is 0. The maximum Gasteiger partial charge on any atom is 0.356 e. The maximum absolute atomic E-state index is 13.8. The van der Waals surface area contributed by atoms with E-state index in [1.165, 1.54) is 48.2 Å². The van der Waals surface area contributed by atoms with Crippen LogP contribution in [0.2, 0.25) is 5.02 Å². The standard InChI is InChI=1S/C17H11ClF2N2O3/c1-25-12-5-9(4-10(19)6-12)16-8-15(17(23)24)21-22(16)11-2-3-14(20)13(18)7-11/h2-8H,1H3,(H,23,24). The van der Waals surface area contributed by atoms with Crippen LogP contribution in [0.25, 0.3) is 16.9 Å². The molecule has 0 bridgehead atoms. The fourth-order valence-electron chi connectivity index (χ4n) is 2.33. The lowest BCUT2D eigenvalue weighted by Gasteiger charge is -2.10. The number of methoxy groups -OCH3 is 1. The zero-order valence-electron chi connectivity index (χ0n) is 12.8. The number of aromatic nitrogens is 2. The van der Waals surface area contributed by atoms with Gasteiger partial charge in [0.25, 0.3) is 0 Å². The molecule has 1 heterocycles. The van der Waals surface area contributed by atoms with E-state index in [4.69, 9.17) is 16.3 Å². The summed E-state index contributed by atoms with van der Waals surface area (Å²) in [5, 5.41) is 13.0. The van der Waals surface area contributed by atoms with Crippen molar-refractivity contribution >= 4 is 17.6 Å². The van der Waals surface area contributed by atoms with Gasteiger partial charge in [0.15, 0.2) is 5.69 Å².